The second-order valence-electron chi connectivity index (χ2n) is 8.24. The van der Waals surface area contributed by atoms with Gasteiger partial charge < -0.3 is 9.84 Å². The first-order chi connectivity index (χ1) is 16.7. The largest absolute Gasteiger partial charge is 0.332 e. The van der Waals surface area contributed by atoms with Crippen molar-refractivity contribution in [1.29, 1.82) is 0 Å². The fourth-order valence-electron chi connectivity index (χ4n) is 2.87. The van der Waals surface area contributed by atoms with E-state index in [1.807, 2.05) is 0 Å². The smallest absolute Gasteiger partial charge is 0.278 e. The Balaban J connectivity index is 1.48. The van der Waals surface area contributed by atoms with E-state index in [1.54, 1.807) is 48.5 Å². The van der Waals surface area contributed by atoms with Gasteiger partial charge in [-0.1, -0.05) is 28.1 Å². The van der Waals surface area contributed by atoms with Crippen LogP contribution in [0, 0.1) is 5.41 Å². The SMILES string of the molecule is CC(C)(CF)C(=O)Nc1ccc(NS(O)(O)c2cccc(-c3noc(-c4cnccn4)n3)c2)cc1. The third kappa shape index (κ3) is 5.62. The molecule has 0 radical (unpaired) electrons. The first-order valence-electron chi connectivity index (χ1n) is 10.4. The summed E-state index contributed by atoms with van der Waals surface area (Å²) in [5.41, 5.74) is 0.642. The first kappa shape index (κ1) is 24.3. The first-order valence-corrected chi connectivity index (χ1v) is 12.0. The number of nitrogens with zero attached hydrogens (tertiary/aromatic N) is 4. The summed E-state index contributed by atoms with van der Waals surface area (Å²) in [6.07, 6.45) is 4.53. The minimum Gasteiger partial charge on any atom is -0.332 e. The predicted molar refractivity (Wildman–Crippen MR) is 130 cm³/mol. The second kappa shape index (κ2) is 9.78. The lowest BCUT2D eigenvalue weighted by atomic mass is 9.94. The van der Waals surface area contributed by atoms with Crippen molar-refractivity contribution in [3.05, 3.63) is 67.1 Å². The van der Waals surface area contributed by atoms with Gasteiger partial charge in [0.2, 0.25) is 11.7 Å². The lowest BCUT2D eigenvalue weighted by Crippen LogP contribution is -2.32. The number of amides is 1. The molecular weight excluding hydrogens is 475 g/mol. The Morgan fingerprint density at radius 3 is 2.54 bits per heavy atom. The number of alkyl halides is 1. The van der Waals surface area contributed by atoms with Gasteiger partial charge in [0.15, 0.2) is 0 Å². The van der Waals surface area contributed by atoms with Crippen LogP contribution in [-0.4, -0.2) is 41.8 Å². The molecule has 10 nitrogen and oxygen atoms in total. The van der Waals surface area contributed by atoms with Gasteiger partial charge in [-0.3, -0.25) is 23.6 Å². The standard InChI is InChI=1S/C23H23FN6O4S/c1-23(2,14-24)22(31)27-16-6-8-17(9-7-16)30-35(32,33)18-5-3-4-15(12-18)20-28-21(34-29-20)19-13-25-10-11-26-19/h3-13,30,32-33H,14H2,1-2H3,(H,27,31). The van der Waals surface area contributed by atoms with Crippen LogP contribution in [0.3, 0.4) is 0 Å². The van der Waals surface area contributed by atoms with E-state index in [1.165, 1.54) is 32.4 Å². The number of hydrogen-bond acceptors (Lipinski definition) is 9. The molecule has 35 heavy (non-hydrogen) atoms. The van der Waals surface area contributed by atoms with Gasteiger partial charge in [-0.05, 0) is 50.2 Å². The van der Waals surface area contributed by atoms with E-state index in [4.69, 9.17) is 4.52 Å². The Bertz CT molecular complexity index is 1320. The maximum absolute atomic E-state index is 13.0. The van der Waals surface area contributed by atoms with E-state index in [2.05, 4.69) is 30.1 Å². The van der Waals surface area contributed by atoms with Crippen LogP contribution < -0.4 is 10.0 Å². The van der Waals surface area contributed by atoms with E-state index in [9.17, 15) is 18.3 Å². The van der Waals surface area contributed by atoms with E-state index in [-0.39, 0.29) is 16.6 Å². The maximum atomic E-state index is 13.0. The number of carbonyl (C=O) groups is 1. The molecule has 0 fully saturated rings. The quantitative estimate of drug-likeness (QED) is 0.255. The zero-order chi connectivity index (χ0) is 25.1. The van der Waals surface area contributed by atoms with E-state index >= 15 is 0 Å². The monoisotopic (exact) mass is 498 g/mol. The lowest BCUT2D eigenvalue weighted by Gasteiger charge is -2.34. The van der Waals surface area contributed by atoms with Crippen molar-refractivity contribution in [2.24, 2.45) is 5.41 Å². The third-order valence-electron chi connectivity index (χ3n) is 4.98. The molecule has 4 aromatic rings. The molecule has 0 bridgehead atoms. The van der Waals surface area contributed by atoms with Gasteiger partial charge >= 0.3 is 0 Å². The zero-order valence-electron chi connectivity index (χ0n) is 18.8. The molecule has 4 N–H and O–H groups in total. The van der Waals surface area contributed by atoms with Gasteiger partial charge in [-0.15, -0.1) is 0 Å². The molecule has 182 valence electrons. The highest BCUT2D eigenvalue weighted by molar-refractivity contribution is 8.25. The average Bonchev–Trinajstić information content (AvgIpc) is 3.36. The van der Waals surface area contributed by atoms with Crippen molar-refractivity contribution in [3.8, 4) is 23.0 Å². The number of rotatable bonds is 8. The highest BCUT2D eigenvalue weighted by Gasteiger charge is 2.27. The van der Waals surface area contributed by atoms with Crippen LogP contribution in [0.5, 0.6) is 0 Å². The van der Waals surface area contributed by atoms with Gasteiger partial charge in [-0.25, -0.2) is 9.37 Å². The number of halogens is 1. The topological polar surface area (TPSA) is 146 Å². The lowest BCUT2D eigenvalue weighted by molar-refractivity contribution is -0.124. The molecule has 0 aliphatic heterocycles. The predicted octanol–water partition coefficient (Wildman–Crippen LogP) is 5.26. The Labute approximate surface area is 202 Å². The number of benzene rings is 2. The van der Waals surface area contributed by atoms with E-state index in [0.717, 1.165) is 0 Å². The molecule has 0 saturated heterocycles. The number of nitrogens with one attached hydrogen (secondary N) is 2. The van der Waals surface area contributed by atoms with Crippen LogP contribution in [0.15, 0.2) is 76.5 Å². The van der Waals surface area contributed by atoms with Crippen molar-refractivity contribution >= 4 is 28.1 Å². The minimum atomic E-state index is -3.45. The summed E-state index contributed by atoms with van der Waals surface area (Å²) in [5.74, 6) is -0.0185. The molecule has 0 spiro atoms. The van der Waals surface area contributed by atoms with Crippen LogP contribution in [0.25, 0.3) is 23.0 Å². The van der Waals surface area contributed by atoms with E-state index in [0.29, 0.717) is 22.6 Å². The van der Waals surface area contributed by atoms with Gasteiger partial charge in [0, 0.05) is 23.6 Å². The van der Waals surface area contributed by atoms with Crippen LogP contribution in [0.4, 0.5) is 15.8 Å². The molecule has 12 heteroatoms. The Hall–Kier alpha value is -3.87. The third-order valence-corrected chi connectivity index (χ3v) is 6.41. The molecule has 2 aromatic heterocycles. The molecule has 0 aliphatic rings. The fraction of sp³-hybridized carbons (Fsp3) is 0.174. The second-order valence-corrected chi connectivity index (χ2v) is 10.0. The molecule has 0 unspecified atom stereocenters. The highest BCUT2D eigenvalue weighted by atomic mass is 32.3. The minimum absolute atomic E-state index is 0.185. The van der Waals surface area contributed by atoms with Gasteiger partial charge in [-0.2, -0.15) is 4.98 Å². The Morgan fingerprint density at radius 2 is 1.86 bits per heavy atom. The van der Waals surface area contributed by atoms with Crippen molar-refractivity contribution in [2.75, 3.05) is 16.7 Å². The van der Waals surface area contributed by atoms with Gasteiger partial charge in [0.1, 0.15) is 12.4 Å². The summed E-state index contributed by atoms with van der Waals surface area (Å²) < 4.78 is 42.5. The van der Waals surface area contributed by atoms with Crippen molar-refractivity contribution in [3.63, 3.8) is 0 Å². The summed E-state index contributed by atoms with van der Waals surface area (Å²) >= 11 is 0. The molecule has 0 atom stereocenters. The molecule has 2 aromatic carbocycles. The summed E-state index contributed by atoms with van der Waals surface area (Å²) in [6.45, 7) is 2.23. The molecule has 4 rings (SSSR count). The molecule has 1 amide bonds. The molecule has 0 aliphatic carbocycles. The molecular formula is C23H23FN6O4S. The number of hydrogen-bond donors (Lipinski definition) is 4. The van der Waals surface area contributed by atoms with Crippen LogP contribution in [0.2, 0.25) is 0 Å². The van der Waals surface area contributed by atoms with Crippen molar-refractivity contribution < 1.29 is 22.8 Å². The number of carbonyl (C=O) groups excluding carboxylic acids is 1. The molecule has 2 heterocycles. The number of anilines is 2. The van der Waals surface area contributed by atoms with E-state index < -0.39 is 28.8 Å². The zero-order valence-corrected chi connectivity index (χ0v) is 19.7. The maximum Gasteiger partial charge on any atom is 0.278 e. The van der Waals surface area contributed by atoms with Gasteiger partial charge in [0.25, 0.3) is 5.89 Å². The normalized spacial score (nSPS) is 12.3. The summed E-state index contributed by atoms with van der Waals surface area (Å²) in [7, 11) is -3.45. The Morgan fingerprint density at radius 1 is 1.11 bits per heavy atom. The summed E-state index contributed by atoms with van der Waals surface area (Å²) in [6, 6.07) is 12.8. The Kier molecular flexibility index (Phi) is 6.78. The van der Waals surface area contributed by atoms with Gasteiger partial charge in [0.05, 0.1) is 22.2 Å². The van der Waals surface area contributed by atoms with Crippen LogP contribution >= 0.6 is 10.8 Å². The van der Waals surface area contributed by atoms with Crippen molar-refractivity contribution in [2.45, 2.75) is 18.7 Å². The molecule has 0 saturated carbocycles. The van der Waals surface area contributed by atoms with Crippen molar-refractivity contribution in [1.82, 2.24) is 20.1 Å². The summed E-state index contributed by atoms with van der Waals surface area (Å²) in [5, 5.41) is 6.58. The van der Waals surface area contributed by atoms with Crippen LogP contribution in [-0.2, 0) is 4.79 Å². The highest BCUT2D eigenvalue weighted by Crippen LogP contribution is 2.48. The fourth-order valence-corrected chi connectivity index (χ4v) is 4.01. The number of aromatic nitrogens is 4. The summed E-state index contributed by atoms with van der Waals surface area (Å²) in [4.78, 5) is 24.7. The van der Waals surface area contributed by atoms with Crippen LogP contribution in [0.1, 0.15) is 13.8 Å². The average molecular weight is 499 g/mol.